The van der Waals surface area contributed by atoms with Gasteiger partial charge in [0.15, 0.2) is 0 Å². The van der Waals surface area contributed by atoms with Crippen molar-refractivity contribution < 1.29 is 0 Å². The first-order chi connectivity index (χ1) is 5.43. The molecule has 0 amide bonds. The lowest BCUT2D eigenvalue weighted by atomic mass is 10.4. The minimum absolute atomic E-state index is 0.744. The van der Waals surface area contributed by atoms with E-state index in [2.05, 4.69) is 15.5 Å². The molecule has 0 bridgehead atoms. The molecule has 0 unspecified atom stereocenters. The molecule has 1 aromatic rings. The second kappa shape index (κ2) is 4.87. The lowest BCUT2D eigenvalue weighted by molar-refractivity contribution is 0.645. The maximum absolute atomic E-state index is 5.33. The van der Waals surface area contributed by atoms with E-state index in [0.717, 1.165) is 31.7 Å². The molecule has 0 aromatic carbocycles. The van der Waals surface area contributed by atoms with Gasteiger partial charge in [0, 0.05) is 12.7 Å². The van der Waals surface area contributed by atoms with Crippen LogP contribution in [-0.2, 0) is 6.54 Å². The van der Waals surface area contributed by atoms with E-state index in [1.807, 2.05) is 12.3 Å². The van der Waals surface area contributed by atoms with Crippen molar-refractivity contribution in [1.29, 1.82) is 0 Å². The first-order valence-corrected chi connectivity index (χ1v) is 3.83. The van der Waals surface area contributed by atoms with Crippen LogP contribution >= 0.6 is 0 Å². The van der Waals surface area contributed by atoms with Crippen LogP contribution in [-0.4, -0.2) is 23.3 Å². The number of rotatable bonds is 5. The summed E-state index contributed by atoms with van der Waals surface area (Å²) in [6, 6.07) is 1.95. The molecular formula is C7H14N4. The predicted octanol–water partition coefficient (Wildman–Crippen LogP) is -0.152. The van der Waals surface area contributed by atoms with Crippen molar-refractivity contribution in [3.05, 3.63) is 18.0 Å². The lowest BCUT2D eigenvalue weighted by Gasteiger charge is -1.98. The quantitative estimate of drug-likeness (QED) is 0.517. The molecule has 0 fully saturated rings. The molecule has 1 rings (SSSR count). The Morgan fingerprint density at radius 2 is 2.55 bits per heavy atom. The second-order valence-electron chi connectivity index (χ2n) is 2.38. The Balaban J connectivity index is 2.04. The molecule has 0 spiro atoms. The van der Waals surface area contributed by atoms with Gasteiger partial charge in [0.1, 0.15) is 0 Å². The molecule has 0 saturated carbocycles. The van der Waals surface area contributed by atoms with Crippen LogP contribution in [0, 0.1) is 0 Å². The van der Waals surface area contributed by atoms with Crippen LogP contribution in [0.4, 0.5) is 0 Å². The van der Waals surface area contributed by atoms with E-state index in [-0.39, 0.29) is 0 Å². The summed E-state index contributed by atoms with van der Waals surface area (Å²) in [4.78, 5) is 0. The van der Waals surface area contributed by atoms with Gasteiger partial charge in [0.2, 0.25) is 0 Å². The van der Waals surface area contributed by atoms with Crippen LogP contribution in [0.1, 0.15) is 12.1 Å². The average Bonchev–Trinajstić information content (AvgIpc) is 2.50. The van der Waals surface area contributed by atoms with Crippen molar-refractivity contribution in [3.63, 3.8) is 0 Å². The minimum atomic E-state index is 0.744. The fraction of sp³-hybridized carbons (Fsp3) is 0.571. The van der Waals surface area contributed by atoms with Crippen molar-refractivity contribution in [2.75, 3.05) is 13.1 Å². The molecule has 0 radical (unpaired) electrons. The molecule has 4 heteroatoms. The van der Waals surface area contributed by atoms with Gasteiger partial charge >= 0.3 is 0 Å². The van der Waals surface area contributed by atoms with E-state index in [1.165, 1.54) is 0 Å². The summed E-state index contributed by atoms with van der Waals surface area (Å²) < 4.78 is 0. The number of aromatic amines is 1. The van der Waals surface area contributed by atoms with Crippen LogP contribution in [0.2, 0.25) is 0 Å². The predicted molar refractivity (Wildman–Crippen MR) is 44.0 cm³/mol. The summed E-state index contributed by atoms with van der Waals surface area (Å²) in [5.41, 5.74) is 6.37. The number of nitrogens with two attached hydrogens (primary N) is 1. The normalized spacial score (nSPS) is 10.3. The molecule has 0 aliphatic rings. The topological polar surface area (TPSA) is 66.7 Å². The summed E-state index contributed by atoms with van der Waals surface area (Å²) >= 11 is 0. The van der Waals surface area contributed by atoms with Crippen molar-refractivity contribution in [2.24, 2.45) is 5.73 Å². The van der Waals surface area contributed by atoms with Crippen LogP contribution in [0.15, 0.2) is 12.3 Å². The summed E-state index contributed by atoms with van der Waals surface area (Å²) in [6.07, 6.45) is 2.84. The van der Waals surface area contributed by atoms with Crippen molar-refractivity contribution >= 4 is 0 Å². The third-order valence-electron chi connectivity index (χ3n) is 1.42. The van der Waals surface area contributed by atoms with Crippen molar-refractivity contribution in [3.8, 4) is 0 Å². The van der Waals surface area contributed by atoms with E-state index >= 15 is 0 Å². The van der Waals surface area contributed by atoms with E-state index in [0.29, 0.717) is 0 Å². The zero-order valence-corrected chi connectivity index (χ0v) is 6.51. The molecule has 0 aliphatic heterocycles. The summed E-state index contributed by atoms with van der Waals surface area (Å²) in [5, 5.41) is 9.98. The molecule has 62 valence electrons. The summed E-state index contributed by atoms with van der Waals surface area (Å²) in [6.45, 7) is 2.53. The lowest BCUT2D eigenvalue weighted by Crippen LogP contribution is -2.17. The van der Waals surface area contributed by atoms with Crippen LogP contribution in [0.3, 0.4) is 0 Å². The summed E-state index contributed by atoms with van der Waals surface area (Å²) in [7, 11) is 0. The van der Waals surface area contributed by atoms with Gasteiger partial charge in [-0.25, -0.2) is 0 Å². The zero-order chi connectivity index (χ0) is 7.94. The van der Waals surface area contributed by atoms with E-state index in [9.17, 15) is 0 Å². The van der Waals surface area contributed by atoms with E-state index < -0.39 is 0 Å². The van der Waals surface area contributed by atoms with Crippen LogP contribution in [0.25, 0.3) is 0 Å². The largest absolute Gasteiger partial charge is 0.330 e. The van der Waals surface area contributed by atoms with Gasteiger partial charge in [0.25, 0.3) is 0 Å². The van der Waals surface area contributed by atoms with Gasteiger partial charge in [-0.05, 0) is 25.6 Å². The van der Waals surface area contributed by atoms with Gasteiger partial charge in [-0.3, -0.25) is 5.10 Å². The van der Waals surface area contributed by atoms with Gasteiger partial charge in [0.05, 0.1) is 5.69 Å². The molecule has 0 saturated heterocycles. The number of aromatic nitrogens is 2. The second-order valence-corrected chi connectivity index (χ2v) is 2.38. The fourth-order valence-corrected chi connectivity index (χ4v) is 0.833. The van der Waals surface area contributed by atoms with Crippen LogP contribution in [0.5, 0.6) is 0 Å². The monoisotopic (exact) mass is 154 g/mol. The van der Waals surface area contributed by atoms with Gasteiger partial charge in [-0.2, -0.15) is 5.10 Å². The SMILES string of the molecule is NCCCNCc1cc[nH]n1. The smallest absolute Gasteiger partial charge is 0.0759 e. The Hall–Kier alpha value is -0.870. The Bertz CT molecular complexity index is 171. The van der Waals surface area contributed by atoms with E-state index in [4.69, 9.17) is 5.73 Å². The molecule has 0 aliphatic carbocycles. The molecule has 1 heterocycles. The minimum Gasteiger partial charge on any atom is -0.330 e. The number of hydrogen-bond acceptors (Lipinski definition) is 3. The highest BCUT2D eigenvalue weighted by Gasteiger charge is 1.91. The highest BCUT2D eigenvalue weighted by atomic mass is 15.1. The molecule has 11 heavy (non-hydrogen) atoms. The molecular weight excluding hydrogens is 140 g/mol. The standard InChI is InChI=1S/C7H14N4/c8-3-1-4-9-6-7-2-5-10-11-7/h2,5,9H,1,3-4,6,8H2,(H,10,11). The number of nitrogens with one attached hydrogen (secondary N) is 2. The van der Waals surface area contributed by atoms with Gasteiger partial charge < -0.3 is 11.1 Å². The fourth-order valence-electron chi connectivity index (χ4n) is 0.833. The third kappa shape index (κ3) is 3.15. The Morgan fingerprint density at radius 1 is 1.64 bits per heavy atom. The first kappa shape index (κ1) is 8.23. The average molecular weight is 154 g/mol. The number of nitrogens with zero attached hydrogens (tertiary/aromatic N) is 1. The zero-order valence-electron chi connectivity index (χ0n) is 6.51. The van der Waals surface area contributed by atoms with E-state index in [1.54, 1.807) is 0 Å². The summed E-state index contributed by atoms with van der Waals surface area (Å²) in [5.74, 6) is 0. The van der Waals surface area contributed by atoms with Crippen molar-refractivity contribution in [2.45, 2.75) is 13.0 Å². The third-order valence-corrected chi connectivity index (χ3v) is 1.42. The highest BCUT2D eigenvalue weighted by molar-refractivity contribution is 4.96. The number of H-pyrrole nitrogens is 1. The highest BCUT2D eigenvalue weighted by Crippen LogP contribution is 1.88. The Morgan fingerprint density at radius 3 is 3.18 bits per heavy atom. The van der Waals surface area contributed by atoms with Crippen LogP contribution < -0.4 is 11.1 Å². The maximum atomic E-state index is 5.33. The van der Waals surface area contributed by atoms with Crippen molar-refractivity contribution in [1.82, 2.24) is 15.5 Å². The molecule has 4 N–H and O–H groups in total. The molecule has 1 aromatic heterocycles. The maximum Gasteiger partial charge on any atom is 0.0759 e. The Kier molecular flexibility index (Phi) is 3.64. The van der Waals surface area contributed by atoms with Gasteiger partial charge in [-0.1, -0.05) is 0 Å². The molecule has 0 atom stereocenters. The molecule has 4 nitrogen and oxygen atoms in total. The number of hydrogen-bond donors (Lipinski definition) is 3. The first-order valence-electron chi connectivity index (χ1n) is 3.83. The van der Waals surface area contributed by atoms with Gasteiger partial charge in [-0.15, -0.1) is 0 Å². The Labute approximate surface area is 66.2 Å².